The molecular formula is C20H25F3N2O4. The van der Waals surface area contributed by atoms with Crippen LogP contribution in [0.25, 0.3) is 0 Å². The molecule has 0 unspecified atom stereocenters. The number of ether oxygens (including phenoxy) is 2. The van der Waals surface area contributed by atoms with Crippen LogP contribution in [0.2, 0.25) is 0 Å². The van der Waals surface area contributed by atoms with Crippen molar-refractivity contribution in [3.05, 3.63) is 29.3 Å². The van der Waals surface area contributed by atoms with Crippen LogP contribution in [0.3, 0.4) is 0 Å². The minimum absolute atomic E-state index is 0.0267. The highest BCUT2D eigenvalue weighted by molar-refractivity contribution is 5.89. The fourth-order valence-corrected chi connectivity index (χ4v) is 4.31. The van der Waals surface area contributed by atoms with Crippen LogP contribution in [0.4, 0.5) is 13.2 Å². The van der Waals surface area contributed by atoms with Gasteiger partial charge in [0.2, 0.25) is 0 Å². The molecule has 2 aliphatic rings. The summed E-state index contributed by atoms with van der Waals surface area (Å²) >= 11 is 0. The Bertz CT molecular complexity index is 765. The van der Waals surface area contributed by atoms with Gasteiger partial charge in [-0.25, -0.2) is 4.79 Å². The Morgan fingerprint density at radius 2 is 1.86 bits per heavy atom. The first-order chi connectivity index (χ1) is 13.7. The molecule has 1 heterocycles. The molecule has 1 amide bonds. The molecule has 2 fully saturated rings. The summed E-state index contributed by atoms with van der Waals surface area (Å²) in [5, 5.41) is 2.08. The second kappa shape index (κ2) is 8.22. The number of methoxy groups -OCH3 is 2. The monoisotopic (exact) mass is 414 g/mol. The van der Waals surface area contributed by atoms with E-state index in [0.29, 0.717) is 30.7 Å². The number of hydrogen-bond acceptors (Lipinski definition) is 5. The van der Waals surface area contributed by atoms with Gasteiger partial charge in [-0.3, -0.25) is 9.69 Å². The predicted molar refractivity (Wildman–Crippen MR) is 98.5 cm³/mol. The van der Waals surface area contributed by atoms with Gasteiger partial charge in [0.25, 0.3) is 0 Å². The van der Waals surface area contributed by atoms with Crippen molar-refractivity contribution in [1.82, 2.24) is 10.2 Å². The van der Waals surface area contributed by atoms with Crippen molar-refractivity contribution in [2.24, 2.45) is 5.41 Å². The first-order valence-electron chi connectivity index (χ1n) is 9.51. The van der Waals surface area contributed by atoms with Gasteiger partial charge in [0.15, 0.2) is 0 Å². The van der Waals surface area contributed by atoms with Gasteiger partial charge in [0.1, 0.15) is 5.75 Å². The maximum Gasteiger partial charge on any atom is 0.471 e. The summed E-state index contributed by atoms with van der Waals surface area (Å²) in [5.41, 5.74) is 1.41. The number of rotatable bonds is 5. The average Bonchev–Trinajstić information content (AvgIpc) is 2.67. The maximum absolute atomic E-state index is 12.4. The zero-order valence-electron chi connectivity index (χ0n) is 16.5. The average molecular weight is 414 g/mol. The van der Waals surface area contributed by atoms with Crippen LogP contribution in [-0.4, -0.2) is 56.3 Å². The van der Waals surface area contributed by atoms with Crippen molar-refractivity contribution >= 4 is 11.9 Å². The summed E-state index contributed by atoms with van der Waals surface area (Å²) in [7, 11) is 2.88. The van der Waals surface area contributed by atoms with Crippen LogP contribution in [0.15, 0.2) is 18.2 Å². The Morgan fingerprint density at radius 3 is 2.41 bits per heavy atom. The highest BCUT2D eigenvalue weighted by Gasteiger charge is 2.49. The summed E-state index contributed by atoms with van der Waals surface area (Å²) in [5.74, 6) is -1.66. The largest absolute Gasteiger partial charge is 0.496 e. The van der Waals surface area contributed by atoms with E-state index in [1.54, 1.807) is 19.2 Å². The topological polar surface area (TPSA) is 67.9 Å². The molecule has 6 nitrogen and oxygen atoms in total. The van der Waals surface area contributed by atoms with Crippen LogP contribution < -0.4 is 10.1 Å². The van der Waals surface area contributed by atoms with Crippen molar-refractivity contribution in [2.45, 2.75) is 44.4 Å². The summed E-state index contributed by atoms with van der Waals surface area (Å²) in [6.07, 6.45) is -1.86. The Kier molecular flexibility index (Phi) is 6.07. The van der Waals surface area contributed by atoms with E-state index in [1.807, 2.05) is 6.07 Å². The lowest BCUT2D eigenvalue weighted by Crippen LogP contribution is -2.56. The van der Waals surface area contributed by atoms with Crippen LogP contribution in [0, 0.1) is 5.41 Å². The van der Waals surface area contributed by atoms with Crippen LogP contribution in [0.1, 0.15) is 41.6 Å². The van der Waals surface area contributed by atoms with Gasteiger partial charge < -0.3 is 14.8 Å². The predicted octanol–water partition coefficient (Wildman–Crippen LogP) is 2.90. The molecule has 1 saturated carbocycles. The van der Waals surface area contributed by atoms with Crippen molar-refractivity contribution in [2.75, 3.05) is 27.3 Å². The lowest BCUT2D eigenvalue weighted by atomic mass is 9.60. The van der Waals surface area contributed by atoms with E-state index in [0.717, 1.165) is 31.5 Å². The van der Waals surface area contributed by atoms with Gasteiger partial charge in [-0.05, 0) is 56.3 Å². The minimum Gasteiger partial charge on any atom is -0.496 e. The van der Waals surface area contributed by atoms with Gasteiger partial charge in [0, 0.05) is 18.2 Å². The van der Waals surface area contributed by atoms with E-state index in [2.05, 4.69) is 10.2 Å². The SMILES string of the molecule is COC(=O)c1ccc(CN2CCC3(CC2)CC(NC(=O)C(F)(F)F)C3)c(OC)c1. The van der Waals surface area contributed by atoms with E-state index in [1.165, 1.54) is 7.11 Å². The summed E-state index contributed by atoms with van der Waals surface area (Å²) in [4.78, 5) is 25.0. The smallest absolute Gasteiger partial charge is 0.471 e. The molecule has 1 aromatic carbocycles. The minimum atomic E-state index is -4.82. The molecule has 0 radical (unpaired) electrons. The van der Waals surface area contributed by atoms with Crippen molar-refractivity contribution in [1.29, 1.82) is 0 Å². The number of piperidine rings is 1. The number of benzene rings is 1. The van der Waals surface area contributed by atoms with Gasteiger partial charge in [0.05, 0.1) is 19.8 Å². The molecular weight excluding hydrogens is 389 g/mol. The third kappa shape index (κ3) is 4.83. The fourth-order valence-electron chi connectivity index (χ4n) is 4.31. The van der Waals surface area contributed by atoms with Gasteiger partial charge >= 0.3 is 18.1 Å². The number of nitrogens with one attached hydrogen (secondary N) is 1. The lowest BCUT2D eigenvalue weighted by Gasteiger charge is -2.52. The number of carbonyl (C=O) groups excluding carboxylic acids is 2. The molecule has 1 aliphatic carbocycles. The molecule has 1 spiro atoms. The van der Waals surface area contributed by atoms with Crippen LogP contribution in [-0.2, 0) is 16.1 Å². The zero-order chi connectivity index (χ0) is 21.2. The molecule has 0 atom stereocenters. The molecule has 1 saturated heterocycles. The summed E-state index contributed by atoms with van der Waals surface area (Å²) in [6, 6.07) is 4.82. The van der Waals surface area contributed by atoms with E-state index in [-0.39, 0.29) is 11.5 Å². The van der Waals surface area contributed by atoms with Gasteiger partial charge in [-0.1, -0.05) is 6.07 Å². The van der Waals surface area contributed by atoms with E-state index >= 15 is 0 Å². The Labute approximate surface area is 167 Å². The van der Waals surface area contributed by atoms with Gasteiger partial charge in [-0.15, -0.1) is 0 Å². The number of likely N-dealkylation sites (tertiary alicyclic amines) is 1. The first kappa shape index (κ1) is 21.4. The maximum atomic E-state index is 12.4. The summed E-state index contributed by atoms with van der Waals surface area (Å²) in [6.45, 7) is 2.30. The first-order valence-corrected chi connectivity index (χ1v) is 9.51. The van der Waals surface area contributed by atoms with Crippen LogP contribution in [0.5, 0.6) is 5.75 Å². The Hall–Kier alpha value is -2.29. The lowest BCUT2D eigenvalue weighted by molar-refractivity contribution is -0.176. The van der Waals surface area contributed by atoms with Crippen molar-refractivity contribution < 1.29 is 32.2 Å². The normalized spacial score (nSPS) is 19.5. The molecule has 1 N–H and O–H groups in total. The summed E-state index contributed by atoms with van der Waals surface area (Å²) < 4.78 is 47.2. The third-order valence-electron chi connectivity index (χ3n) is 5.97. The second-order valence-electron chi connectivity index (χ2n) is 7.87. The molecule has 9 heteroatoms. The highest BCUT2D eigenvalue weighted by atomic mass is 19.4. The molecule has 29 heavy (non-hydrogen) atoms. The Balaban J connectivity index is 1.51. The zero-order valence-corrected chi connectivity index (χ0v) is 16.5. The number of amides is 1. The molecule has 1 aliphatic heterocycles. The number of halogens is 3. The quantitative estimate of drug-likeness (QED) is 0.751. The van der Waals surface area contributed by atoms with Crippen molar-refractivity contribution in [3.63, 3.8) is 0 Å². The number of hydrogen-bond donors (Lipinski definition) is 1. The van der Waals surface area contributed by atoms with E-state index in [4.69, 9.17) is 9.47 Å². The Morgan fingerprint density at radius 1 is 1.21 bits per heavy atom. The third-order valence-corrected chi connectivity index (χ3v) is 5.97. The van der Waals surface area contributed by atoms with Crippen molar-refractivity contribution in [3.8, 4) is 5.75 Å². The molecule has 0 aromatic heterocycles. The van der Waals surface area contributed by atoms with E-state index in [9.17, 15) is 22.8 Å². The number of carbonyl (C=O) groups is 2. The number of nitrogens with zero attached hydrogens (tertiary/aromatic N) is 1. The molecule has 1 aromatic rings. The van der Waals surface area contributed by atoms with E-state index < -0.39 is 18.1 Å². The number of esters is 1. The standard InChI is InChI=1S/C20H25F3N2O4/c1-28-16-9-13(17(26)29-2)3-4-14(16)12-25-7-5-19(6-8-25)10-15(11-19)24-18(27)20(21,22)23/h3-4,9,15H,5-8,10-12H2,1-2H3,(H,24,27). The fraction of sp³-hybridized carbons (Fsp3) is 0.600. The molecule has 3 rings (SSSR count). The molecule has 0 bridgehead atoms. The van der Waals surface area contributed by atoms with Crippen LogP contribution >= 0.6 is 0 Å². The number of alkyl halides is 3. The highest BCUT2D eigenvalue weighted by Crippen LogP contribution is 2.49. The second-order valence-corrected chi connectivity index (χ2v) is 7.87. The van der Waals surface area contributed by atoms with Gasteiger partial charge in [-0.2, -0.15) is 13.2 Å². The molecule has 160 valence electrons.